The molecule has 0 bridgehead atoms. The lowest BCUT2D eigenvalue weighted by Gasteiger charge is -2.12. The van der Waals surface area contributed by atoms with Crippen molar-refractivity contribution in [1.82, 2.24) is 4.90 Å². The van der Waals surface area contributed by atoms with Crippen LogP contribution in [0.3, 0.4) is 0 Å². The monoisotopic (exact) mass is 457 g/mol. The highest BCUT2D eigenvalue weighted by Crippen LogP contribution is 2.29. The maximum Gasteiger partial charge on any atom is 0.342 e. The van der Waals surface area contributed by atoms with E-state index >= 15 is 0 Å². The summed E-state index contributed by atoms with van der Waals surface area (Å²) in [5.41, 5.74) is 5.20. The summed E-state index contributed by atoms with van der Waals surface area (Å²) < 4.78 is 15.3. The van der Waals surface area contributed by atoms with E-state index in [4.69, 9.17) is 19.6 Å². The molecule has 1 aromatic carbocycles. The maximum atomic E-state index is 12.8. The van der Waals surface area contributed by atoms with E-state index in [0.717, 1.165) is 4.90 Å². The first-order valence-corrected chi connectivity index (χ1v) is 10.1. The van der Waals surface area contributed by atoms with Crippen LogP contribution in [0.5, 0.6) is 0 Å². The summed E-state index contributed by atoms with van der Waals surface area (Å²) in [6, 6.07) is 4.03. The number of methoxy groups -OCH3 is 1. The molecule has 0 aliphatic carbocycles. The van der Waals surface area contributed by atoms with Gasteiger partial charge >= 0.3 is 5.97 Å². The van der Waals surface area contributed by atoms with Crippen LogP contribution >= 0.6 is 0 Å². The Balaban J connectivity index is 1.87. The number of carbonyl (C=O) groups excluding carboxylic acids is 5. The molecule has 0 fully saturated rings. The van der Waals surface area contributed by atoms with Gasteiger partial charge in [-0.1, -0.05) is 0 Å². The van der Waals surface area contributed by atoms with Gasteiger partial charge in [-0.2, -0.15) is 0 Å². The molecule has 1 aromatic heterocycles. The average Bonchev–Trinajstić information content (AvgIpc) is 3.22. The molecule has 0 saturated heterocycles. The molecule has 0 saturated carbocycles. The lowest BCUT2D eigenvalue weighted by molar-refractivity contribution is 0.0520. The zero-order valence-electron chi connectivity index (χ0n) is 18.4. The number of aryl methyl sites for hydroxylation is 1. The number of primary amides is 1. The molecule has 1 aliphatic rings. The highest BCUT2D eigenvalue weighted by atomic mass is 16.5. The van der Waals surface area contributed by atoms with E-state index in [-0.39, 0.29) is 52.6 Å². The minimum absolute atomic E-state index is 0.0378. The predicted molar refractivity (Wildman–Crippen MR) is 114 cm³/mol. The van der Waals surface area contributed by atoms with Gasteiger partial charge in [0, 0.05) is 25.8 Å². The zero-order valence-corrected chi connectivity index (χ0v) is 18.4. The number of imide groups is 1. The molecule has 3 N–H and O–H groups in total. The fourth-order valence-corrected chi connectivity index (χ4v) is 3.49. The number of nitrogens with two attached hydrogens (primary N) is 1. The molecule has 0 spiro atoms. The molecule has 11 nitrogen and oxygen atoms in total. The van der Waals surface area contributed by atoms with E-state index in [1.807, 2.05) is 0 Å². The van der Waals surface area contributed by atoms with Crippen LogP contribution in [0.15, 0.2) is 22.6 Å². The van der Waals surface area contributed by atoms with Crippen LogP contribution in [0, 0.1) is 6.92 Å². The second-order valence-electron chi connectivity index (χ2n) is 7.14. The Morgan fingerprint density at radius 3 is 2.45 bits per heavy atom. The Kier molecular flexibility index (Phi) is 6.92. The van der Waals surface area contributed by atoms with E-state index in [2.05, 4.69) is 5.32 Å². The number of ether oxygens (including phenoxy) is 2. The Morgan fingerprint density at radius 2 is 1.82 bits per heavy atom. The van der Waals surface area contributed by atoms with Gasteiger partial charge < -0.3 is 19.6 Å². The van der Waals surface area contributed by atoms with Gasteiger partial charge in [-0.25, -0.2) is 4.79 Å². The number of anilines is 1. The minimum Gasteiger partial charge on any atom is -0.462 e. The van der Waals surface area contributed by atoms with Crippen LogP contribution in [-0.2, 0) is 9.47 Å². The molecule has 3 rings (SSSR count). The van der Waals surface area contributed by atoms with Crippen LogP contribution in [0.2, 0.25) is 0 Å². The van der Waals surface area contributed by atoms with Crippen molar-refractivity contribution in [3.8, 4) is 0 Å². The van der Waals surface area contributed by atoms with Gasteiger partial charge in [-0.05, 0) is 38.5 Å². The quantitative estimate of drug-likeness (QED) is 0.327. The second kappa shape index (κ2) is 9.65. The van der Waals surface area contributed by atoms with E-state index in [1.165, 1.54) is 32.2 Å². The Labute approximate surface area is 188 Å². The second-order valence-corrected chi connectivity index (χ2v) is 7.14. The highest BCUT2D eigenvalue weighted by molar-refractivity contribution is 6.22. The molecular weight excluding hydrogens is 434 g/mol. The molecule has 0 unspecified atom stereocenters. The first-order chi connectivity index (χ1) is 15.7. The summed E-state index contributed by atoms with van der Waals surface area (Å²) in [5, 5.41) is 2.40. The fraction of sp³-hybridized carbons (Fsp3) is 0.318. The lowest BCUT2D eigenvalue weighted by atomic mass is 10.1. The van der Waals surface area contributed by atoms with Gasteiger partial charge in [0.15, 0.2) is 0 Å². The van der Waals surface area contributed by atoms with Gasteiger partial charge in [0.1, 0.15) is 16.9 Å². The van der Waals surface area contributed by atoms with Crippen molar-refractivity contribution in [2.24, 2.45) is 5.73 Å². The number of amides is 4. The molecule has 4 amide bonds. The van der Waals surface area contributed by atoms with Gasteiger partial charge in [0.25, 0.3) is 23.6 Å². The van der Waals surface area contributed by atoms with Crippen molar-refractivity contribution < 1.29 is 37.9 Å². The number of furan rings is 1. The van der Waals surface area contributed by atoms with E-state index in [1.54, 1.807) is 6.92 Å². The molecule has 11 heteroatoms. The maximum absolute atomic E-state index is 12.8. The smallest absolute Gasteiger partial charge is 0.342 e. The first kappa shape index (κ1) is 23.7. The molecule has 1 aliphatic heterocycles. The fourth-order valence-electron chi connectivity index (χ4n) is 3.49. The minimum atomic E-state index is -0.994. The summed E-state index contributed by atoms with van der Waals surface area (Å²) in [6.45, 7) is 3.66. The molecule has 0 atom stereocenters. The van der Waals surface area contributed by atoms with Crippen molar-refractivity contribution in [1.29, 1.82) is 0 Å². The molecule has 174 valence electrons. The Morgan fingerprint density at radius 1 is 1.12 bits per heavy atom. The molecule has 2 heterocycles. The van der Waals surface area contributed by atoms with Crippen LogP contribution in [0.25, 0.3) is 0 Å². The third-order valence-electron chi connectivity index (χ3n) is 5.00. The summed E-state index contributed by atoms with van der Waals surface area (Å²) in [5.74, 6) is -3.79. The van der Waals surface area contributed by atoms with Crippen LogP contribution < -0.4 is 11.1 Å². The predicted octanol–water partition coefficient (Wildman–Crippen LogP) is 1.75. The van der Waals surface area contributed by atoms with Gasteiger partial charge in [0.05, 0.1) is 17.7 Å². The Hall–Kier alpha value is -3.99. The highest BCUT2D eigenvalue weighted by Gasteiger charge is 2.36. The van der Waals surface area contributed by atoms with E-state index in [0.29, 0.717) is 13.0 Å². The van der Waals surface area contributed by atoms with Crippen molar-refractivity contribution >= 4 is 35.5 Å². The van der Waals surface area contributed by atoms with Gasteiger partial charge in [0.2, 0.25) is 5.88 Å². The lowest BCUT2D eigenvalue weighted by Crippen LogP contribution is -2.31. The zero-order chi connectivity index (χ0) is 24.3. The summed E-state index contributed by atoms with van der Waals surface area (Å²) in [4.78, 5) is 63.2. The number of fused-ring (bicyclic) bond motifs is 1. The van der Waals surface area contributed by atoms with Crippen molar-refractivity contribution in [3.05, 3.63) is 51.8 Å². The third kappa shape index (κ3) is 4.48. The standard InChI is InChI=1S/C22H23N3O8/c1-4-32-22(30)15-11(2)33-19(16(15)17(23)26)24-18(27)12-6-7-13-14(10-12)21(29)25(20(13)28)8-5-9-31-3/h6-7,10H,4-5,8-9H2,1-3H3,(H2,23,26)(H,24,27). The number of carbonyl (C=O) groups is 5. The summed E-state index contributed by atoms with van der Waals surface area (Å²) >= 11 is 0. The average molecular weight is 457 g/mol. The van der Waals surface area contributed by atoms with Crippen molar-refractivity contribution in [2.75, 3.05) is 32.2 Å². The largest absolute Gasteiger partial charge is 0.462 e. The normalized spacial score (nSPS) is 12.6. The summed E-state index contributed by atoms with van der Waals surface area (Å²) in [7, 11) is 1.52. The number of benzene rings is 1. The first-order valence-electron chi connectivity index (χ1n) is 10.1. The molecule has 2 aromatic rings. The van der Waals surface area contributed by atoms with Crippen LogP contribution in [0.1, 0.15) is 70.9 Å². The molecule has 33 heavy (non-hydrogen) atoms. The number of nitrogens with zero attached hydrogens (tertiary/aromatic N) is 1. The van der Waals surface area contributed by atoms with Crippen LogP contribution in [-0.4, -0.2) is 61.4 Å². The van der Waals surface area contributed by atoms with Crippen molar-refractivity contribution in [2.45, 2.75) is 20.3 Å². The van der Waals surface area contributed by atoms with Crippen molar-refractivity contribution in [3.63, 3.8) is 0 Å². The number of nitrogens with one attached hydrogen (secondary N) is 1. The molecule has 0 radical (unpaired) electrons. The number of hydrogen-bond donors (Lipinski definition) is 2. The van der Waals surface area contributed by atoms with E-state index < -0.39 is 29.6 Å². The topological polar surface area (TPSA) is 158 Å². The Bertz CT molecular complexity index is 1150. The van der Waals surface area contributed by atoms with Crippen LogP contribution in [0.4, 0.5) is 5.88 Å². The van der Waals surface area contributed by atoms with Gasteiger partial charge in [-0.3, -0.25) is 29.4 Å². The molecular formula is C22H23N3O8. The van der Waals surface area contributed by atoms with E-state index in [9.17, 15) is 24.0 Å². The number of hydrogen-bond acceptors (Lipinski definition) is 8. The third-order valence-corrected chi connectivity index (χ3v) is 5.00. The SMILES string of the molecule is CCOC(=O)c1c(C)oc(NC(=O)c2ccc3c(c2)C(=O)N(CCCOC)C3=O)c1C(N)=O. The number of esters is 1. The number of rotatable bonds is 9. The van der Waals surface area contributed by atoms with Gasteiger partial charge in [-0.15, -0.1) is 0 Å². The summed E-state index contributed by atoms with van der Waals surface area (Å²) in [6.07, 6.45) is 0.478.